The topological polar surface area (TPSA) is 22.1 Å². The quantitative estimate of drug-likeness (QED) is 0.614. The van der Waals surface area contributed by atoms with E-state index in [9.17, 15) is 22.0 Å². The van der Waals surface area contributed by atoms with E-state index in [-0.39, 0.29) is 0 Å². The van der Waals surface area contributed by atoms with E-state index in [4.69, 9.17) is 11.6 Å². The van der Waals surface area contributed by atoms with Crippen molar-refractivity contribution in [3.63, 3.8) is 0 Å². The van der Waals surface area contributed by atoms with E-state index in [0.717, 1.165) is 0 Å². The summed E-state index contributed by atoms with van der Waals surface area (Å²) in [5.74, 6) is -0.583. The average Bonchev–Trinajstić information content (AvgIpc) is 2.12. The van der Waals surface area contributed by atoms with Crippen LogP contribution in [-0.4, -0.2) is 18.0 Å². The summed E-state index contributed by atoms with van der Waals surface area (Å²) in [5.41, 5.74) is -1.10. The number of hydrogen-bond acceptors (Lipinski definition) is 2. The summed E-state index contributed by atoms with van der Waals surface area (Å²) in [7, 11) is 0. The molecular weight excluding hydrogens is 257 g/mol. The van der Waals surface area contributed by atoms with Gasteiger partial charge in [-0.05, 0) is 6.07 Å². The number of nitrogens with zero attached hydrogens (tertiary/aromatic N) is 1. The molecule has 0 amide bonds. The Hall–Kier alpha value is -1.11. The van der Waals surface area contributed by atoms with E-state index >= 15 is 0 Å². The Bertz CT molecular complexity index is 368. The van der Waals surface area contributed by atoms with Crippen LogP contribution in [-0.2, 0) is 6.18 Å². The number of hydrogen-bond donors (Lipinski definition) is 0. The third-order valence-corrected chi connectivity index (χ3v) is 1.65. The number of halogens is 6. The number of aromatic nitrogens is 1. The molecule has 0 fully saturated rings. The lowest BCUT2D eigenvalue weighted by atomic mass is 10.2. The van der Waals surface area contributed by atoms with Crippen molar-refractivity contribution in [2.45, 2.75) is 12.6 Å². The van der Waals surface area contributed by atoms with E-state index in [1.54, 1.807) is 0 Å². The second-order valence-electron chi connectivity index (χ2n) is 2.72. The second-order valence-corrected chi connectivity index (χ2v) is 3.10. The molecule has 2 nitrogen and oxygen atoms in total. The van der Waals surface area contributed by atoms with Crippen LogP contribution in [0.3, 0.4) is 0 Å². The lowest BCUT2D eigenvalue weighted by molar-refractivity contribution is -0.137. The zero-order chi connectivity index (χ0) is 12.3. The molecule has 0 aromatic carbocycles. The van der Waals surface area contributed by atoms with Crippen LogP contribution in [0.4, 0.5) is 22.0 Å². The molecule has 0 atom stereocenters. The highest BCUT2D eigenvalue weighted by Crippen LogP contribution is 2.32. The van der Waals surface area contributed by atoms with Crippen molar-refractivity contribution >= 4 is 11.6 Å². The highest BCUT2D eigenvalue weighted by Gasteiger charge is 2.31. The smallest absolute Gasteiger partial charge is 0.416 e. The Morgan fingerprint density at radius 1 is 1.31 bits per heavy atom. The van der Waals surface area contributed by atoms with E-state index in [1.807, 2.05) is 0 Å². The predicted octanol–water partition coefficient (Wildman–Crippen LogP) is 3.40. The minimum atomic E-state index is -4.63. The SMILES string of the molecule is FC(F)COc1cc(C(F)(F)F)cc(Cl)n1. The Morgan fingerprint density at radius 2 is 1.94 bits per heavy atom. The molecule has 90 valence electrons. The Morgan fingerprint density at radius 3 is 2.44 bits per heavy atom. The standard InChI is InChI=1S/C8H5ClF5NO/c9-5-1-4(8(12,13)14)2-7(15-5)16-3-6(10)11/h1-2,6H,3H2. The van der Waals surface area contributed by atoms with Crippen LogP contribution in [0, 0.1) is 0 Å². The fourth-order valence-electron chi connectivity index (χ4n) is 0.859. The van der Waals surface area contributed by atoms with Crippen LogP contribution in [0.25, 0.3) is 0 Å². The summed E-state index contributed by atoms with van der Waals surface area (Å²) >= 11 is 5.29. The van der Waals surface area contributed by atoms with Gasteiger partial charge in [0.15, 0.2) is 6.61 Å². The molecule has 16 heavy (non-hydrogen) atoms. The third kappa shape index (κ3) is 3.80. The first-order chi connectivity index (χ1) is 7.29. The van der Waals surface area contributed by atoms with E-state index < -0.39 is 35.8 Å². The fraction of sp³-hybridized carbons (Fsp3) is 0.375. The zero-order valence-electron chi connectivity index (χ0n) is 7.56. The highest BCUT2D eigenvalue weighted by atomic mass is 35.5. The molecule has 0 unspecified atom stereocenters. The summed E-state index contributed by atoms with van der Waals surface area (Å²) in [6.45, 7) is -1.04. The highest BCUT2D eigenvalue weighted by molar-refractivity contribution is 6.29. The summed E-state index contributed by atoms with van der Waals surface area (Å²) in [5, 5.41) is -0.473. The zero-order valence-corrected chi connectivity index (χ0v) is 8.32. The van der Waals surface area contributed by atoms with E-state index in [0.29, 0.717) is 12.1 Å². The maximum atomic E-state index is 12.3. The Balaban J connectivity index is 2.90. The summed E-state index contributed by atoms with van der Waals surface area (Å²) in [6.07, 6.45) is -7.43. The van der Waals surface area contributed by atoms with Gasteiger partial charge < -0.3 is 4.74 Å². The molecule has 0 saturated carbocycles. The first-order valence-electron chi connectivity index (χ1n) is 3.95. The normalized spacial score (nSPS) is 11.9. The molecule has 0 aliphatic heterocycles. The van der Waals surface area contributed by atoms with Crippen molar-refractivity contribution in [1.29, 1.82) is 0 Å². The van der Waals surface area contributed by atoms with Gasteiger partial charge in [0.05, 0.1) is 5.56 Å². The third-order valence-electron chi connectivity index (χ3n) is 1.46. The largest absolute Gasteiger partial charge is 0.472 e. The molecule has 0 aliphatic rings. The molecule has 0 N–H and O–H groups in total. The summed E-state index contributed by atoms with van der Waals surface area (Å²) in [6, 6.07) is 1.09. The second kappa shape index (κ2) is 4.82. The van der Waals surface area contributed by atoms with Gasteiger partial charge in [0.1, 0.15) is 5.15 Å². The van der Waals surface area contributed by atoms with Gasteiger partial charge in [-0.3, -0.25) is 0 Å². The minimum Gasteiger partial charge on any atom is -0.472 e. The molecule has 1 heterocycles. The number of alkyl halides is 5. The van der Waals surface area contributed by atoms with Gasteiger partial charge in [-0.2, -0.15) is 13.2 Å². The average molecular weight is 262 g/mol. The maximum absolute atomic E-state index is 12.3. The van der Waals surface area contributed by atoms with Crippen LogP contribution in [0.2, 0.25) is 5.15 Å². The fourth-order valence-corrected chi connectivity index (χ4v) is 1.06. The lowest BCUT2D eigenvalue weighted by Crippen LogP contribution is -2.10. The van der Waals surface area contributed by atoms with Crippen LogP contribution in [0.5, 0.6) is 5.88 Å². The Kier molecular flexibility index (Phi) is 3.90. The molecular formula is C8H5ClF5NO. The van der Waals surface area contributed by atoms with Crippen molar-refractivity contribution in [3.8, 4) is 5.88 Å². The van der Waals surface area contributed by atoms with Gasteiger partial charge in [0.25, 0.3) is 6.43 Å². The number of rotatable bonds is 3. The molecule has 0 aliphatic carbocycles. The maximum Gasteiger partial charge on any atom is 0.416 e. The molecule has 0 saturated heterocycles. The Labute approximate surface area is 92.0 Å². The molecule has 1 rings (SSSR count). The first kappa shape index (κ1) is 13.0. The molecule has 1 aromatic rings. The van der Waals surface area contributed by atoms with Crippen LogP contribution < -0.4 is 4.74 Å². The monoisotopic (exact) mass is 261 g/mol. The van der Waals surface area contributed by atoms with Gasteiger partial charge in [0.2, 0.25) is 5.88 Å². The van der Waals surface area contributed by atoms with Crippen molar-refractivity contribution < 1.29 is 26.7 Å². The van der Waals surface area contributed by atoms with Gasteiger partial charge in [-0.25, -0.2) is 13.8 Å². The summed E-state index contributed by atoms with van der Waals surface area (Å²) < 4.78 is 64.6. The van der Waals surface area contributed by atoms with Gasteiger partial charge in [-0.1, -0.05) is 11.6 Å². The molecule has 0 spiro atoms. The molecule has 1 aromatic heterocycles. The molecule has 0 bridgehead atoms. The van der Waals surface area contributed by atoms with Gasteiger partial charge in [-0.15, -0.1) is 0 Å². The first-order valence-corrected chi connectivity index (χ1v) is 4.32. The summed E-state index contributed by atoms with van der Waals surface area (Å²) in [4.78, 5) is 3.33. The van der Waals surface area contributed by atoms with Crippen molar-refractivity contribution in [2.24, 2.45) is 0 Å². The van der Waals surface area contributed by atoms with Crippen molar-refractivity contribution in [3.05, 3.63) is 22.8 Å². The number of pyridine rings is 1. The van der Waals surface area contributed by atoms with Crippen LogP contribution in [0.1, 0.15) is 5.56 Å². The van der Waals surface area contributed by atoms with Crippen LogP contribution in [0.15, 0.2) is 12.1 Å². The molecule has 0 radical (unpaired) electrons. The van der Waals surface area contributed by atoms with Gasteiger partial charge >= 0.3 is 6.18 Å². The van der Waals surface area contributed by atoms with E-state index in [2.05, 4.69) is 9.72 Å². The van der Waals surface area contributed by atoms with Crippen LogP contribution >= 0.6 is 11.6 Å². The number of ether oxygens (including phenoxy) is 1. The molecule has 8 heteroatoms. The lowest BCUT2D eigenvalue weighted by Gasteiger charge is -2.09. The van der Waals surface area contributed by atoms with Crippen molar-refractivity contribution in [2.75, 3.05) is 6.61 Å². The minimum absolute atomic E-state index is 0.473. The van der Waals surface area contributed by atoms with E-state index in [1.165, 1.54) is 0 Å². The van der Waals surface area contributed by atoms with Crippen molar-refractivity contribution in [1.82, 2.24) is 4.98 Å². The predicted molar refractivity (Wildman–Crippen MR) is 45.7 cm³/mol. The van der Waals surface area contributed by atoms with Gasteiger partial charge in [0, 0.05) is 6.07 Å².